The van der Waals surface area contributed by atoms with E-state index in [9.17, 15) is 14.7 Å². The lowest BCUT2D eigenvalue weighted by Gasteiger charge is -2.19. The minimum absolute atomic E-state index is 0.182. The minimum Gasteiger partial charge on any atom is -0.478 e. The Labute approximate surface area is 123 Å². The van der Waals surface area contributed by atoms with Gasteiger partial charge in [0, 0.05) is 25.0 Å². The molecule has 1 rings (SSSR count). The molecule has 2 amide bonds. The average Bonchev–Trinajstić information content (AvgIpc) is 2.61. The van der Waals surface area contributed by atoms with E-state index >= 15 is 0 Å². The van der Waals surface area contributed by atoms with Crippen molar-refractivity contribution in [1.29, 1.82) is 0 Å². The van der Waals surface area contributed by atoms with Crippen molar-refractivity contribution >= 4 is 28.3 Å². The molecule has 1 heterocycles. The molecule has 1 aromatic rings. The van der Waals surface area contributed by atoms with Crippen molar-refractivity contribution in [2.24, 2.45) is 0 Å². The summed E-state index contributed by atoms with van der Waals surface area (Å²) in [5, 5.41) is 12.3. The molecule has 2 N–H and O–H groups in total. The normalized spacial score (nSPS) is 10.7. The van der Waals surface area contributed by atoms with E-state index in [4.69, 9.17) is 0 Å². The maximum atomic E-state index is 12.0. The number of amides is 2. The van der Waals surface area contributed by atoms with Gasteiger partial charge in [-0.1, -0.05) is 0 Å². The first kappa shape index (κ1) is 16.5. The van der Waals surface area contributed by atoms with Crippen molar-refractivity contribution in [1.82, 2.24) is 9.80 Å². The van der Waals surface area contributed by atoms with Crippen LogP contribution in [-0.4, -0.2) is 61.1 Å². The van der Waals surface area contributed by atoms with Gasteiger partial charge in [-0.15, -0.1) is 11.3 Å². The van der Waals surface area contributed by atoms with Crippen molar-refractivity contribution in [2.75, 3.05) is 39.5 Å². The van der Waals surface area contributed by atoms with Gasteiger partial charge < -0.3 is 14.9 Å². The molecule has 6 nitrogen and oxygen atoms in total. The van der Waals surface area contributed by atoms with Gasteiger partial charge in [-0.2, -0.15) is 0 Å². The monoisotopic (exact) mass is 299 g/mol. The Hall–Kier alpha value is -1.60. The van der Waals surface area contributed by atoms with E-state index in [1.165, 1.54) is 16.2 Å². The molecule has 20 heavy (non-hydrogen) atoms. The molecular weight excluding hydrogens is 278 g/mol. The number of nitrogens with one attached hydrogen (secondary N) is 1. The summed E-state index contributed by atoms with van der Waals surface area (Å²) in [6, 6.07) is -0.296. The molecule has 0 aliphatic heterocycles. The first-order chi connectivity index (χ1) is 9.23. The predicted octanol–water partition coefficient (Wildman–Crippen LogP) is 2.09. The number of carbonyl (C=O) groups excluding carboxylic acids is 1. The number of thiophene rings is 1. The van der Waals surface area contributed by atoms with Crippen LogP contribution in [0, 0.1) is 13.8 Å². The second-order valence-electron chi connectivity index (χ2n) is 4.95. The van der Waals surface area contributed by atoms with Gasteiger partial charge in [0.25, 0.3) is 0 Å². The third-order valence-corrected chi connectivity index (χ3v) is 4.17. The van der Waals surface area contributed by atoms with Gasteiger partial charge in [-0.25, -0.2) is 9.59 Å². The second kappa shape index (κ2) is 6.71. The van der Waals surface area contributed by atoms with Gasteiger partial charge in [0.2, 0.25) is 0 Å². The van der Waals surface area contributed by atoms with E-state index < -0.39 is 5.97 Å². The van der Waals surface area contributed by atoms with Crippen LogP contribution < -0.4 is 5.32 Å². The summed E-state index contributed by atoms with van der Waals surface area (Å²) in [6.07, 6.45) is 0. The van der Waals surface area contributed by atoms with Crippen LogP contribution in [0.4, 0.5) is 9.80 Å². The largest absolute Gasteiger partial charge is 0.478 e. The SMILES string of the molecule is Cc1sc(NC(=O)N(C)CCN(C)C)c(C(=O)O)c1C. The van der Waals surface area contributed by atoms with Crippen LogP contribution in [0.25, 0.3) is 0 Å². The van der Waals surface area contributed by atoms with Crippen molar-refractivity contribution < 1.29 is 14.7 Å². The minimum atomic E-state index is -1.02. The summed E-state index contributed by atoms with van der Waals surface area (Å²) in [7, 11) is 5.55. The van der Waals surface area contributed by atoms with Gasteiger partial charge in [-0.05, 0) is 33.5 Å². The zero-order valence-electron chi connectivity index (χ0n) is 12.5. The highest BCUT2D eigenvalue weighted by molar-refractivity contribution is 7.16. The Bertz CT molecular complexity index is 511. The Morgan fingerprint density at radius 1 is 1.20 bits per heavy atom. The fourth-order valence-electron chi connectivity index (χ4n) is 1.62. The van der Waals surface area contributed by atoms with Gasteiger partial charge in [0.05, 0.1) is 5.56 Å². The van der Waals surface area contributed by atoms with E-state index in [1.807, 2.05) is 25.9 Å². The van der Waals surface area contributed by atoms with Crippen molar-refractivity contribution in [2.45, 2.75) is 13.8 Å². The van der Waals surface area contributed by atoms with E-state index in [0.717, 1.165) is 11.4 Å². The van der Waals surface area contributed by atoms with Crippen molar-refractivity contribution in [3.8, 4) is 0 Å². The van der Waals surface area contributed by atoms with Crippen molar-refractivity contribution in [3.63, 3.8) is 0 Å². The molecule has 1 aromatic heterocycles. The highest BCUT2D eigenvalue weighted by Gasteiger charge is 2.21. The standard InChI is InChI=1S/C13H21N3O3S/c1-8-9(2)20-11(10(8)12(17)18)14-13(19)16(5)7-6-15(3)4/h6-7H2,1-5H3,(H,14,19)(H,17,18). The molecule has 0 atom stereocenters. The van der Waals surface area contributed by atoms with Crippen molar-refractivity contribution in [3.05, 3.63) is 16.0 Å². The lowest BCUT2D eigenvalue weighted by atomic mass is 10.1. The molecule has 112 valence electrons. The van der Waals surface area contributed by atoms with Crippen LogP contribution in [-0.2, 0) is 0 Å². The maximum Gasteiger partial charge on any atom is 0.338 e. The highest BCUT2D eigenvalue weighted by Crippen LogP contribution is 2.32. The Morgan fingerprint density at radius 3 is 2.30 bits per heavy atom. The molecule has 7 heteroatoms. The van der Waals surface area contributed by atoms with Crippen LogP contribution in [0.15, 0.2) is 0 Å². The summed E-state index contributed by atoms with van der Waals surface area (Å²) in [5.74, 6) is -1.02. The number of hydrogen-bond donors (Lipinski definition) is 2. The molecule has 0 fully saturated rings. The number of carboxylic acids is 1. The van der Waals surface area contributed by atoms with E-state index in [2.05, 4.69) is 5.32 Å². The number of carboxylic acid groups (broad SMARTS) is 1. The quantitative estimate of drug-likeness (QED) is 0.873. The van der Waals surface area contributed by atoms with Gasteiger partial charge in [0.15, 0.2) is 0 Å². The lowest BCUT2D eigenvalue weighted by Crippen LogP contribution is -2.36. The Balaban J connectivity index is 2.80. The van der Waals surface area contributed by atoms with Gasteiger partial charge in [-0.3, -0.25) is 5.32 Å². The van der Waals surface area contributed by atoms with Crippen LogP contribution in [0.3, 0.4) is 0 Å². The van der Waals surface area contributed by atoms with Gasteiger partial charge in [0.1, 0.15) is 5.00 Å². The molecule has 0 unspecified atom stereocenters. The van der Waals surface area contributed by atoms with E-state index in [1.54, 1.807) is 14.0 Å². The number of likely N-dealkylation sites (N-methyl/N-ethyl adjacent to an activating group) is 2. The first-order valence-corrected chi connectivity index (χ1v) is 7.05. The average molecular weight is 299 g/mol. The van der Waals surface area contributed by atoms with E-state index in [-0.39, 0.29) is 11.6 Å². The molecule has 0 bridgehead atoms. The molecule has 0 spiro atoms. The number of carbonyl (C=O) groups is 2. The fourth-order valence-corrected chi connectivity index (χ4v) is 2.66. The zero-order chi connectivity index (χ0) is 15.4. The fraction of sp³-hybridized carbons (Fsp3) is 0.538. The van der Waals surface area contributed by atoms with Crippen LogP contribution in [0.2, 0.25) is 0 Å². The second-order valence-corrected chi connectivity index (χ2v) is 6.17. The van der Waals surface area contributed by atoms with Crippen LogP contribution in [0.5, 0.6) is 0 Å². The molecule has 0 aliphatic rings. The molecular formula is C13H21N3O3S. The summed E-state index contributed by atoms with van der Waals surface area (Å²) in [4.78, 5) is 27.7. The molecule has 0 saturated carbocycles. The first-order valence-electron chi connectivity index (χ1n) is 6.24. The molecule has 0 radical (unpaired) electrons. The number of anilines is 1. The number of aryl methyl sites for hydroxylation is 1. The van der Waals surface area contributed by atoms with Gasteiger partial charge >= 0.3 is 12.0 Å². The third-order valence-electron chi connectivity index (χ3n) is 3.05. The Kier molecular flexibility index (Phi) is 5.52. The number of nitrogens with zero attached hydrogens (tertiary/aromatic N) is 2. The number of rotatable bonds is 5. The summed E-state index contributed by atoms with van der Waals surface area (Å²) in [5.41, 5.74) is 0.885. The predicted molar refractivity (Wildman–Crippen MR) is 81.0 cm³/mol. The van der Waals surface area contributed by atoms with Crippen LogP contribution in [0.1, 0.15) is 20.8 Å². The summed E-state index contributed by atoms with van der Waals surface area (Å²) < 4.78 is 0. The number of aromatic carboxylic acids is 1. The third kappa shape index (κ3) is 3.94. The topological polar surface area (TPSA) is 72.9 Å². The smallest absolute Gasteiger partial charge is 0.338 e. The van der Waals surface area contributed by atoms with Crippen LogP contribution >= 0.6 is 11.3 Å². The molecule has 0 aromatic carbocycles. The molecule has 0 saturated heterocycles. The number of hydrogen-bond acceptors (Lipinski definition) is 4. The lowest BCUT2D eigenvalue weighted by molar-refractivity contribution is 0.0697. The Morgan fingerprint density at radius 2 is 1.80 bits per heavy atom. The van der Waals surface area contributed by atoms with E-state index in [0.29, 0.717) is 17.1 Å². The summed E-state index contributed by atoms with van der Waals surface area (Å²) in [6.45, 7) is 4.92. The number of urea groups is 1. The highest BCUT2D eigenvalue weighted by atomic mass is 32.1. The summed E-state index contributed by atoms with van der Waals surface area (Å²) >= 11 is 1.29. The zero-order valence-corrected chi connectivity index (χ0v) is 13.3. The molecule has 0 aliphatic carbocycles. The maximum absolute atomic E-state index is 12.0.